The number of anilines is 1. The highest BCUT2D eigenvalue weighted by atomic mass is 35.5. The van der Waals surface area contributed by atoms with Gasteiger partial charge in [0, 0.05) is 36.1 Å². The third-order valence-corrected chi connectivity index (χ3v) is 9.87. The van der Waals surface area contributed by atoms with Crippen LogP contribution in [0, 0.1) is 5.92 Å². The fourth-order valence-electron chi connectivity index (χ4n) is 5.94. The Morgan fingerprint density at radius 3 is 2.70 bits per heavy atom. The molecule has 2 aliphatic heterocycles. The molecule has 0 radical (unpaired) electrons. The van der Waals surface area contributed by atoms with E-state index < -0.39 is 5.97 Å². The van der Waals surface area contributed by atoms with Gasteiger partial charge in [0.15, 0.2) is 5.13 Å². The lowest BCUT2D eigenvalue weighted by Crippen LogP contribution is -2.28. The highest BCUT2D eigenvalue weighted by Gasteiger charge is 2.46. The lowest BCUT2D eigenvalue weighted by Gasteiger charge is -2.20. The van der Waals surface area contributed by atoms with Gasteiger partial charge >= 0.3 is 5.97 Å². The van der Waals surface area contributed by atoms with E-state index in [1.807, 2.05) is 26.0 Å². The number of halogens is 2. The van der Waals surface area contributed by atoms with Gasteiger partial charge in [0.25, 0.3) is 0 Å². The molecule has 1 saturated carbocycles. The van der Waals surface area contributed by atoms with Crippen LogP contribution in [-0.2, 0) is 20.8 Å². The largest absolute Gasteiger partial charge is 0.489 e. The van der Waals surface area contributed by atoms with Gasteiger partial charge in [0.1, 0.15) is 22.7 Å². The maximum absolute atomic E-state index is 12.3. The van der Waals surface area contributed by atoms with Crippen LogP contribution in [0.25, 0.3) is 21.5 Å². The third-order valence-electron chi connectivity index (χ3n) is 8.17. The molecule has 0 spiro atoms. The summed E-state index contributed by atoms with van der Waals surface area (Å²) in [5.74, 6) is 1.53. The number of methoxy groups -OCH3 is 1. The number of hydrogen-bond acceptors (Lipinski definition) is 10. The van der Waals surface area contributed by atoms with E-state index in [0.717, 1.165) is 46.1 Å². The smallest absolute Gasteiger partial charge is 0.338 e. The van der Waals surface area contributed by atoms with Gasteiger partial charge in [-0.1, -0.05) is 45.8 Å². The van der Waals surface area contributed by atoms with Gasteiger partial charge in [-0.05, 0) is 51.0 Å². The minimum absolute atomic E-state index is 0.0249. The highest BCUT2D eigenvalue weighted by molar-refractivity contribution is 7.22. The van der Waals surface area contributed by atoms with Crippen molar-refractivity contribution >= 4 is 55.9 Å². The predicted molar refractivity (Wildman–Crippen MR) is 165 cm³/mol. The minimum atomic E-state index is -0.410. The van der Waals surface area contributed by atoms with Crippen LogP contribution in [0.3, 0.4) is 0 Å². The Balaban J connectivity index is 1.11. The summed E-state index contributed by atoms with van der Waals surface area (Å²) in [6.45, 7) is 6.18. The summed E-state index contributed by atoms with van der Waals surface area (Å²) in [6, 6.07) is 8.94. The summed E-state index contributed by atoms with van der Waals surface area (Å²) in [7, 11) is 1.37. The fraction of sp³-hybridized carbons (Fsp3) is 0.452. The zero-order valence-corrected chi connectivity index (χ0v) is 26.3. The molecule has 2 saturated heterocycles. The summed E-state index contributed by atoms with van der Waals surface area (Å²) in [5.41, 5.74) is 3.38. The van der Waals surface area contributed by atoms with Crippen molar-refractivity contribution in [1.29, 1.82) is 0 Å². The van der Waals surface area contributed by atoms with Gasteiger partial charge in [0.05, 0.1) is 58.9 Å². The molecular formula is C31H31Cl2N3O6S. The Kier molecular flexibility index (Phi) is 7.75. The summed E-state index contributed by atoms with van der Waals surface area (Å²) in [5, 5.41) is 6.30. The summed E-state index contributed by atoms with van der Waals surface area (Å²) >= 11 is 14.6. The standard InChI is InChI=1S/C31H31Cl2N3O6S/c1-15(2)41-22-9-17(30(37)38-3)10-25-28(22)34-31(43-25)36-11-18-23(12-36)40-14-24(18)39-13-19-27(35-42-29(19)16-7-8-16)26-20(32)5-4-6-21(26)33/h4-6,9-10,15-16,18,23-24H,7-8,11-14H2,1-3H3/t18-,23+,24+/m1/s1. The van der Waals surface area contributed by atoms with Crippen LogP contribution in [0.4, 0.5) is 5.13 Å². The van der Waals surface area contributed by atoms with Crippen LogP contribution in [0.1, 0.15) is 54.3 Å². The molecule has 3 aliphatic rings. The SMILES string of the molecule is COC(=O)c1cc(OC(C)C)c2nc(N3C[C@H]4[C@@H](OCc5c(-c6c(Cl)cccc6Cl)noc5C5CC5)CO[C@H]4C3)sc2c1. The Morgan fingerprint density at radius 2 is 1.98 bits per heavy atom. The van der Waals surface area contributed by atoms with Crippen LogP contribution in [-0.4, -0.2) is 61.2 Å². The van der Waals surface area contributed by atoms with Gasteiger partial charge in [0.2, 0.25) is 0 Å². The monoisotopic (exact) mass is 643 g/mol. The Morgan fingerprint density at radius 1 is 1.19 bits per heavy atom. The van der Waals surface area contributed by atoms with E-state index in [0.29, 0.717) is 58.3 Å². The molecule has 1 aliphatic carbocycles. The molecule has 0 unspecified atom stereocenters. The number of hydrogen-bond donors (Lipinski definition) is 0. The number of fused-ring (bicyclic) bond motifs is 2. The molecule has 4 heterocycles. The van der Waals surface area contributed by atoms with Crippen molar-refractivity contribution in [2.75, 3.05) is 31.7 Å². The number of nitrogens with zero attached hydrogens (tertiary/aromatic N) is 3. The molecule has 2 aromatic carbocycles. The molecular weight excluding hydrogens is 613 g/mol. The van der Waals surface area contributed by atoms with Gasteiger partial charge in [-0.15, -0.1) is 0 Å². The number of carbonyl (C=O) groups is 1. The number of esters is 1. The van der Waals surface area contributed by atoms with E-state index in [9.17, 15) is 4.79 Å². The van der Waals surface area contributed by atoms with Crippen molar-refractivity contribution in [3.05, 3.63) is 57.3 Å². The van der Waals surface area contributed by atoms with Crippen LogP contribution in [0.2, 0.25) is 10.0 Å². The zero-order chi connectivity index (χ0) is 29.8. The maximum Gasteiger partial charge on any atom is 0.338 e. The quantitative estimate of drug-likeness (QED) is 0.176. The normalized spacial score (nSPS) is 21.6. The molecule has 3 fully saturated rings. The first kappa shape index (κ1) is 28.9. The second kappa shape index (κ2) is 11.6. The summed E-state index contributed by atoms with van der Waals surface area (Å²) in [4.78, 5) is 19.5. The second-order valence-corrected chi connectivity index (χ2v) is 13.3. The molecule has 2 aromatic heterocycles. The van der Waals surface area contributed by atoms with Crippen LogP contribution in [0.15, 0.2) is 34.9 Å². The lowest BCUT2D eigenvalue weighted by atomic mass is 10.0. The number of carbonyl (C=O) groups excluding carboxylic acids is 1. The fourth-order valence-corrected chi connectivity index (χ4v) is 7.56. The molecule has 0 bridgehead atoms. The van der Waals surface area contributed by atoms with E-state index in [1.165, 1.54) is 18.4 Å². The van der Waals surface area contributed by atoms with Crippen molar-refractivity contribution in [2.45, 2.75) is 57.5 Å². The molecule has 7 rings (SSSR count). The van der Waals surface area contributed by atoms with E-state index in [1.54, 1.807) is 18.2 Å². The van der Waals surface area contributed by atoms with Crippen molar-refractivity contribution in [1.82, 2.24) is 10.1 Å². The van der Waals surface area contributed by atoms with Crippen LogP contribution < -0.4 is 9.64 Å². The number of thiazole rings is 1. The number of ether oxygens (including phenoxy) is 4. The maximum atomic E-state index is 12.3. The number of benzene rings is 2. The molecule has 12 heteroatoms. The number of aromatic nitrogens is 2. The molecule has 43 heavy (non-hydrogen) atoms. The van der Waals surface area contributed by atoms with E-state index in [-0.39, 0.29) is 24.2 Å². The van der Waals surface area contributed by atoms with Crippen molar-refractivity contribution < 1.29 is 28.3 Å². The third kappa shape index (κ3) is 5.48. The molecule has 9 nitrogen and oxygen atoms in total. The van der Waals surface area contributed by atoms with Gasteiger partial charge in [-0.25, -0.2) is 9.78 Å². The van der Waals surface area contributed by atoms with E-state index >= 15 is 0 Å². The van der Waals surface area contributed by atoms with Crippen molar-refractivity contribution in [3.63, 3.8) is 0 Å². The first-order valence-electron chi connectivity index (χ1n) is 14.4. The minimum Gasteiger partial charge on any atom is -0.489 e. The summed E-state index contributed by atoms with van der Waals surface area (Å²) < 4.78 is 30.4. The molecule has 0 N–H and O–H groups in total. The van der Waals surface area contributed by atoms with Gasteiger partial charge in [-0.2, -0.15) is 0 Å². The predicted octanol–water partition coefficient (Wildman–Crippen LogP) is 7.13. The van der Waals surface area contributed by atoms with Crippen LogP contribution in [0.5, 0.6) is 5.75 Å². The average Bonchev–Trinajstić information content (AvgIpc) is 3.28. The molecule has 3 atom stereocenters. The molecule has 0 amide bonds. The van der Waals surface area contributed by atoms with E-state index in [2.05, 4.69) is 10.1 Å². The Bertz CT molecular complexity index is 1670. The van der Waals surface area contributed by atoms with Crippen LogP contribution >= 0.6 is 34.5 Å². The van der Waals surface area contributed by atoms with Gasteiger partial charge in [-0.3, -0.25) is 0 Å². The lowest BCUT2D eigenvalue weighted by molar-refractivity contribution is 0.0144. The topological polar surface area (TPSA) is 96.2 Å². The molecule has 4 aromatic rings. The summed E-state index contributed by atoms with van der Waals surface area (Å²) in [6.07, 6.45) is 1.98. The number of rotatable bonds is 9. The Labute approximate surface area is 262 Å². The highest BCUT2D eigenvalue weighted by Crippen LogP contribution is 2.47. The average molecular weight is 645 g/mol. The van der Waals surface area contributed by atoms with Crippen molar-refractivity contribution in [3.8, 4) is 17.0 Å². The zero-order valence-electron chi connectivity index (χ0n) is 24.0. The first-order chi connectivity index (χ1) is 20.8. The molecule has 226 valence electrons. The first-order valence-corrected chi connectivity index (χ1v) is 16.0. The van der Waals surface area contributed by atoms with E-state index in [4.69, 9.17) is 51.7 Å². The van der Waals surface area contributed by atoms with Crippen molar-refractivity contribution in [2.24, 2.45) is 5.92 Å². The Hall–Kier alpha value is -2.89. The second-order valence-electron chi connectivity index (χ2n) is 11.5. The van der Waals surface area contributed by atoms with Gasteiger partial charge < -0.3 is 28.4 Å².